The third-order valence-corrected chi connectivity index (χ3v) is 4.19. The van der Waals surface area contributed by atoms with Gasteiger partial charge in [0.1, 0.15) is 9.84 Å². The Labute approximate surface area is 134 Å². The van der Waals surface area contributed by atoms with Crippen LogP contribution in [0.1, 0.15) is 17.3 Å². The number of nitrogens with one attached hydrogen (secondary N) is 1. The lowest BCUT2D eigenvalue weighted by Gasteiger charge is -2.11. The van der Waals surface area contributed by atoms with Gasteiger partial charge in [0.25, 0.3) is 5.91 Å². The summed E-state index contributed by atoms with van der Waals surface area (Å²) >= 11 is 5.92. The number of halogens is 1. The van der Waals surface area contributed by atoms with Crippen molar-refractivity contribution in [1.29, 1.82) is 0 Å². The second kappa shape index (κ2) is 6.50. The van der Waals surface area contributed by atoms with Gasteiger partial charge < -0.3 is 5.32 Å². The first-order valence-corrected chi connectivity index (χ1v) is 8.97. The Hall–Kier alpha value is -1.86. The van der Waals surface area contributed by atoms with Crippen LogP contribution in [-0.4, -0.2) is 42.2 Å². The Balaban J connectivity index is 2.09. The van der Waals surface area contributed by atoms with Gasteiger partial charge in [0.15, 0.2) is 0 Å². The van der Waals surface area contributed by atoms with Crippen LogP contribution in [0.3, 0.4) is 0 Å². The highest BCUT2D eigenvalue weighted by molar-refractivity contribution is 7.90. The maximum Gasteiger partial charge on any atom is 0.254 e. The van der Waals surface area contributed by atoms with Crippen LogP contribution in [-0.2, 0) is 9.84 Å². The normalized spacial score (nSPS) is 12.9. The first kappa shape index (κ1) is 16.5. The molecule has 1 atom stereocenters. The summed E-state index contributed by atoms with van der Waals surface area (Å²) in [6.45, 7) is 1.64. The molecule has 0 aliphatic rings. The molecule has 0 aliphatic heterocycles. The number of nitrogens with zero attached hydrogens (tertiary/aromatic N) is 2. The maximum absolute atomic E-state index is 12.1. The highest BCUT2D eigenvalue weighted by atomic mass is 35.5. The number of sulfone groups is 1. The number of amides is 1. The zero-order valence-corrected chi connectivity index (χ0v) is 13.7. The van der Waals surface area contributed by atoms with Crippen LogP contribution in [0.25, 0.3) is 5.69 Å². The second-order valence-corrected chi connectivity index (χ2v) is 7.74. The van der Waals surface area contributed by atoms with Crippen LogP contribution in [0.15, 0.2) is 36.7 Å². The number of hydrogen-bond acceptors (Lipinski definition) is 4. The van der Waals surface area contributed by atoms with Gasteiger partial charge in [0.2, 0.25) is 0 Å². The van der Waals surface area contributed by atoms with E-state index in [1.165, 1.54) is 10.9 Å². The molecule has 1 heterocycles. The minimum absolute atomic E-state index is 0.110. The topological polar surface area (TPSA) is 81.1 Å². The average Bonchev–Trinajstić information content (AvgIpc) is 2.85. The lowest BCUT2D eigenvalue weighted by molar-refractivity contribution is 0.0943. The first-order chi connectivity index (χ1) is 10.2. The lowest BCUT2D eigenvalue weighted by atomic mass is 10.3. The molecule has 2 aromatic rings. The molecule has 1 amide bonds. The Bertz CT molecular complexity index is 786. The molecule has 0 unspecified atom stereocenters. The molecule has 0 saturated heterocycles. The molecule has 0 fully saturated rings. The lowest BCUT2D eigenvalue weighted by Crippen LogP contribution is -2.37. The SMILES string of the molecule is C[C@@H](CS(C)(=O)=O)NC(=O)c1cnn(-c2cccc(Cl)c2)c1. The van der Waals surface area contributed by atoms with E-state index in [1.54, 1.807) is 31.3 Å². The van der Waals surface area contributed by atoms with Crippen molar-refractivity contribution in [3.05, 3.63) is 47.2 Å². The van der Waals surface area contributed by atoms with Crippen LogP contribution in [0.5, 0.6) is 0 Å². The predicted octanol–water partition coefficient (Wildman–Crippen LogP) is 1.69. The molecule has 118 valence electrons. The van der Waals surface area contributed by atoms with E-state index in [0.717, 1.165) is 11.9 Å². The molecule has 0 spiro atoms. The van der Waals surface area contributed by atoms with Gasteiger partial charge in [-0.2, -0.15) is 5.10 Å². The van der Waals surface area contributed by atoms with E-state index in [9.17, 15) is 13.2 Å². The molecule has 0 saturated carbocycles. The quantitative estimate of drug-likeness (QED) is 0.897. The fourth-order valence-electron chi connectivity index (χ4n) is 2.00. The van der Waals surface area contributed by atoms with Crippen LogP contribution < -0.4 is 5.32 Å². The third kappa shape index (κ3) is 4.57. The van der Waals surface area contributed by atoms with Crippen LogP contribution >= 0.6 is 11.6 Å². The third-order valence-electron chi connectivity index (χ3n) is 2.85. The Morgan fingerprint density at radius 3 is 2.82 bits per heavy atom. The highest BCUT2D eigenvalue weighted by Gasteiger charge is 2.15. The average molecular weight is 342 g/mol. The van der Waals surface area contributed by atoms with Gasteiger partial charge in [-0.15, -0.1) is 0 Å². The number of carbonyl (C=O) groups is 1. The van der Waals surface area contributed by atoms with E-state index in [0.29, 0.717) is 10.6 Å². The molecular formula is C14H16ClN3O3S. The van der Waals surface area contributed by atoms with E-state index >= 15 is 0 Å². The molecule has 1 N–H and O–H groups in total. The minimum Gasteiger partial charge on any atom is -0.348 e. The summed E-state index contributed by atoms with van der Waals surface area (Å²) in [6.07, 6.45) is 4.12. The van der Waals surface area contributed by atoms with E-state index < -0.39 is 15.9 Å². The molecule has 0 radical (unpaired) electrons. The van der Waals surface area contributed by atoms with Crippen molar-refractivity contribution in [2.45, 2.75) is 13.0 Å². The monoisotopic (exact) mass is 341 g/mol. The summed E-state index contributed by atoms with van der Waals surface area (Å²) in [5.41, 5.74) is 1.08. The van der Waals surface area contributed by atoms with Gasteiger partial charge in [-0.3, -0.25) is 4.79 Å². The molecule has 1 aromatic heterocycles. The Morgan fingerprint density at radius 2 is 2.18 bits per heavy atom. The Morgan fingerprint density at radius 1 is 1.45 bits per heavy atom. The highest BCUT2D eigenvalue weighted by Crippen LogP contribution is 2.14. The van der Waals surface area contributed by atoms with Gasteiger partial charge >= 0.3 is 0 Å². The second-order valence-electron chi connectivity index (χ2n) is 5.12. The van der Waals surface area contributed by atoms with Gasteiger partial charge in [-0.05, 0) is 25.1 Å². The largest absolute Gasteiger partial charge is 0.348 e. The van der Waals surface area contributed by atoms with Crippen LogP contribution in [0, 0.1) is 0 Å². The van der Waals surface area contributed by atoms with Crippen molar-refractivity contribution in [3.8, 4) is 5.69 Å². The summed E-state index contributed by atoms with van der Waals surface area (Å²) in [5.74, 6) is -0.481. The first-order valence-electron chi connectivity index (χ1n) is 6.54. The van der Waals surface area contributed by atoms with Crippen molar-refractivity contribution < 1.29 is 13.2 Å². The van der Waals surface area contributed by atoms with E-state index in [-0.39, 0.29) is 11.7 Å². The number of rotatable bonds is 5. The summed E-state index contributed by atoms with van der Waals surface area (Å²) in [7, 11) is -3.14. The van der Waals surface area contributed by atoms with E-state index in [2.05, 4.69) is 10.4 Å². The molecule has 0 aliphatic carbocycles. The molecule has 0 bridgehead atoms. The number of aromatic nitrogens is 2. The zero-order valence-electron chi connectivity index (χ0n) is 12.2. The van der Waals surface area contributed by atoms with Crippen molar-refractivity contribution in [2.24, 2.45) is 0 Å². The number of carbonyl (C=O) groups excluding carboxylic acids is 1. The molecule has 8 heteroatoms. The number of hydrogen-bond donors (Lipinski definition) is 1. The zero-order chi connectivity index (χ0) is 16.3. The Kier molecular flexibility index (Phi) is 4.87. The molecule has 22 heavy (non-hydrogen) atoms. The van der Waals surface area contributed by atoms with Crippen LogP contribution in [0.4, 0.5) is 0 Å². The van der Waals surface area contributed by atoms with Gasteiger partial charge in [-0.25, -0.2) is 13.1 Å². The molecular weight excluding hydrogens is 326 g/mol. The summed E-state index contributed by atoms with van der Waals surface area (Å²) in [6, 6.07) is 6.59. The molecule has 1 aromatic carbocycles. The van der Waals surface area contributed by atoms with Gasteiger partial charge in [-0.1, -0.05) is 17.7 Å². The fraction of sp³-hybridized carbons (Fsp3) is 0.286. The van der Waals surface area contributed by atoms with Gasteiger partial charge in [0.05, 0.1) is 23.2 Å². The smallest absolute Gasteiger partial charge is 0.254 e. The van der Waals surface area contributed by atoms with Crippen LogP contribution in [0.2, 0.25) is 5.02 Å². The number of benzene rings is 1. The minimum atomic E-state index is -3.14. The maximum atomic E-state index is 12.1. The summed E-state index contributed by atoms with van der Waals surface area (Å²) in [4.78, 5) is 12.1. The van der Waals surface area contributed by atoms with Gasteiger partial charge in [0, 0.05) is 23.5 Å². The van der Waals surface area contributed by atoms with E-state index in [4.69, 9.17) is 11.6 Å². The predicted molar refractivity (Wildman–Crippen MR) is 85.2 cm³/mol. The van der Waals surface area contributed by atoms with E-state index in [1.807, 2.05) is 6.07 Å². The summed E-state index contributed by atoms with van der Waals surface area (Å²) < 4.78 is 23.9. The van der Waals surface area contributed by atoms with Crippen molar-refractivity contribution in [1.82, 2.24) is 15.1 Å². The van der Waals surface area contributed by atoms with Crippen molar-refractivity contribution in [3.63, 3.8) is 0 Å². The molecule has 2 rings (SSSR count). The summed E-state index contributed by atoms with van der Waals surface area (Å²) in [5, 5.41) is 7.31. The standard InChI is InChI=1S/C14H16ClN3O3S/c1-10(9-22(2,20)21)17-14(19)11-7-16-18(8-11)13-5-3-4-12(15)6-13/h3-8,10H,9H2,1-2H3,(H,17,19)/t10-/m0/s1. The molecule has 6 nitrogen and oxygen atoms in total. The van der Waals surface area contributed by atoms with Crippen molar-refractivity contribution in [2.75, 3.05) is 12.0 Å². The van der Waals surface area contributed by atoms with Crippen molar-refractivity contribution >= 4 is 27.3 Å². The fourth-order valence-corrected chi connectivity index (χ4v) is 3.18.